The van der Waals surface area contributed by atoms with Crippen LogP contribution in [0.25, 0.3) is 0 Å². The second-order valence-electron chi connectivity index (χ2n) is 9.86. The highest BCUT2D eigenvalue weighted by atomic mass is 16.5. The Labute approximate surface area is 225 Å². The molecule has 0 saturated carbocycles. The molecule has 0 spiro atoms. The van der Waals surface area contributed by atoms with E-state index in [9.17, 15) is 4.79 Å². The molecule has 0 unspecified atom stereocenters. The van der Waals surface area contributed by atoms with E-state index in [2.05, 4.69) is 24.1 Å². The molecule has 0 fully saturated rings. The molecule has 0 bridgehead atoms. The number of azo groups is 1. The molecule has 5 nitrogen and oxygen atoms in total. The molecule has 0 heterocycles. The first kappa shape index (κ1) is 30.5. The molecular weight excluding hydrogens is 460 g/mol. The van der Waals surface area contributed by atoms with Crippen molar-refractivity contribution in [2.45, 2.75) is 117 Å². The Bertz CT molecular complexity index is 863. The lowest BCUT2D eigenvalue weighted by Gasteiger charge is -2.06. The summed E-state index contributed by atoms with van der Waals surface area (Å²) in [5, 5.41) is 8.58. The van der Waals surface area contributed by atoms with Gasteiger partial charge in [0.15, 0.2) is 0 Å². The van der Waals surface area contributed by atoms with Gasteiger partial charge >= 0.3 is 5.97 Å². The van der Waals surface area contributed by atoms with Crippen LogP contribution in [0.3, 0.4) is 0 Å². The van der Waals surface area contributed by atoms with E-state index in [1.54, 1.807) is 12.1 Å². The summed E-state index contributed by atoms with van der Waals surface area (Å²) in [5.41, 5.74) is 1.48. The zero-order valence-corrected chi connectivity index (χ0v) is 23.3. The highest BCUT2D eigenvalue weighted by molar-refractivity contribution is 5.72. The van der Waals surface area contributed by atoms with Crippen LogP contribution in [0.2, 0.25) is 0 Å². The van der Waals surface area contributed by atoms with Crippen LogP contribution in [0.5, 0.6) is 11.5 Å². The molecule has 0 saturated heterocycles. The van der Waals surface area contributed by atoms with E-state index in [0.29, 0.717) is 17.9 Å². The first-order valence-corrected chi connectivity index (χ1v) is 14.7. The standard InChI is InChI=1S/C32H48N2O3/c1-3-5-7-9-11-12-14-16-18-32(35)37-31-25-21-29(22-26-31)34-33-28-19-23-30(24-20-28)36-27-17-15-13-10-8-6-4-2/h19-26H,3-18,27H2,1-2H3. The first-order chi connectivity index (χ1) is 18.2. The predicted molar refractivity (Wildman–Crippen MR) is 153 cm³/mol. The molecule has 2 aromatic rings. The molecule has 0 aromatic heterocycles. The molecule has 0 aliphatic heterocycles. The number of nitrogens with zero attached hydrogens (tertiary/aromatic N) is 2. The van der Waals surface area contributed by atoms with Crippen LogP contribution in [0.4, 0.5) is 11.4 Å². The third kappa shape index (κ3) is 15.2. The van der Waals surface area contributed by atoms with E-state index in [1.807, 2.05) is 36.4 Å². The molecule has 204 valence electrons. The van der Waals surface area contributed by atoms with Crippen molar-refractivity contribution in [3.63, 3.8) is 0 Å². The monoisotopic (exact) mass is 508 g/mol. The van der Waals surface area contributed by atoms with Gasteiger partial charge in [0.1, 0.15) is 11.5 Å². The van der Waals surface area contributed by atoms with Crippen molar-refractivity contribution in [2.24, 2.45) is 10.2 Å². The Morgan fingerprint density at radius 3 is 1.51 bits per heavy atom. The highest BCUT2D eigenvalue weighted by Crippen LogP contribution is 2.23. The SMILES string of the molecule is CCCCCCCCCCC(=O)Oc1ccc(N=Nc2ccc(OCCCCCCCCC)cc2)cc1. The summed E-state index contributed by atoms with van der Waals surface area (Å²) in [4.78, 5) is 12.1. The summed E-state index contributed by atoms with van der Waals surface area (Å²) < 4.78 is 11.3. The third-order valence-corrected chi connectivity index (χ3v) is 6.44. The van der Waals surface area contributed by atoms with E-state index in [-0.39, 0.29) is 5.97 Å². The van der Waals surface area contributed by atoms with Crippen molar-refractivity contribution >= 4 is 17.3 Å². The molecular formula is C32H48N2O3. The number of carbonyl (C=O) groups excluding carboxylic acids is 1. The van der Waals surface area contributed by atoms with Crippen LogP contribution < -0.4 is 9.47 Å². The number of rotatable bonds is 21. The average Bonchev–Trinajstić information content (AvgIpc) is 2.92. The minimum atomic E-state index is -0.172. The van der Waals surface area contributed by atoms with E-state index in [0.717, 1.165) is 37.3 Å². The Hall–Kier alpha value is -2.69. The van der Waals surface area contributed by atoms with Gasteiger partial charge in [0.2, 0.25) is 0 Å². The number of benzene rings is 2. The minimum absolute atomic E-state index is 0.172. The second kappa shape index (κ2) is 20.4. The average molecular weight is 509 g/mol. The molecule has 0 radical (unpaired) electrons. The van der Waals surface area contributed by atoms with Crippen molar-refractivity contribution in [3.8, 4) is 11.5 Å². The molecule has 5 heteroatoms. The van der Waals surface area contributed by atoms with Crippen LogP contribution in [0.1, 0.15) is 117 Å². The molecule has 2 rings (SSSR count). The summed E-state index contributed by atoms with van der Waals surface area (Å²) >= 11 is 0. The largest absolute Gasteiger partial charge is 0.494 e. The number of ether oxygens (including phenoxy) is 2. The van der Waals surface area contributed by atoms with Gasteiger partial charge in [-0.25, -0.2) is 0 Å². The molecule has 37 heavy (non-hydrogen) atoms. The van der Waals surface area contributed by atoms with E-state index in [1.165, 1.54) is 77.0 Å². The second-order valence-corrected chi connectivity index (χ2v) is 9.86. The van der Waals surface area contributed by atoms with Crippen LogP contribution in [0, 0.1) is 0 Å². The van der Waals surface area contributed by atoms with Gasteiger partial charge in [0, 0.05) is 6.42 Å². The van der Waals surface area contributed by atoms with Crippen molar-refractivity contribution in [1.29, 1.82) is 0 Å². The van der Waals surface area contributed by atoms with E-state index >= 15 is 0 Å². The zero-order chi connectivity index (χ0) is 26.4. The fourth-order valence-corrected chi connectivity index (χ4v) is 4.14. The topological polar surface area (TPSA) is 60.2 Å². The maximum Gasteiger partial charge on any atom is 0.311 e. The fraction of sp³-hybridized carbons (Fsp3) is 0.594. The summed E-state index contributed by atoms with van der Waals surface area (Å²) in [6.45, 7) is 5.24. The van der Waals surface area contributed by atoms with Crippen molar-refractivity contribution in [3.05, 3.63) is 48.5 Å². The van der Waals surface area contributed by atoms with Crippen LogP contribution in [-0.4, -0.2) is 12.6 Å². The molecule has 0 N–H and O–H groups in total. The zero-order valence-electron chi connectivity index (χ0n) is 23.3. The Kier molecular flexibility index (Phi) is 16.8. The first-order valence-electron chi connectivity index (χ1n) is 14.7. The molecule has 0 atom stereocenters. The maximum absolute atomic E-state index is 12.1. The molecule has 0 aliphatic carbocycles. The van der Waals surface area contributed by atoms with Crippen molar-refractivity contribution in [1.82, 2.24) is 0 Å². The van der Waals surface area contributed by atoms with E-state index in [4.69, 9.17) is 9.47 Å². The van der Waals surface area contributed by atoms with Gasteiger partial charge in [0.05, 0.1) is 18.0 Å². The minimum Gasteiger partial charge on any atom is -0.494 e. The Morgan fingerprint density at radius 1 is 0.568 bits per heavy atom. The predicted octanol–water partition coefficient (Wildman–Crippen LogP) is 10.7. The van der Waals surface area contributed by atoms with Crippen LogP contribution >= 0.6 is 0 Å². The normalized spacial score (nSPS) is 11.2. The lowest BCUT2D eigenvalue weighted by molar-refractivity contribution is -0.134. The van der Waals surface area contributed by atoms with Crippen LogP contribution in [0.15, 0.2) is 58.8 Å². The third-order valence-electron chi connectivity index (χ3n) is 6.44. The summed E-state index contributed by atoms with van der Waals surface area (Å²) in [6, 6.07) is 14.8. The smallest absolute Gasteiger partial charge is 0.311 e. The molecule has 2 aromatic carbocycles. The Balaban J connectivity index is 1.61. The number of esters is 1. The number of unbranched alkanes of at least 4 members (excludes halogenated alkanes) is 13. The Morgan fingerprint density at radius 2 is 1.00 bits per heavy atom. The van der Waals surface area contributed by atoms with Gasteiger partial charge < -0.3 is 9.47 Å². The molecule has 0 aliphatic rings. The van der Waals surface area contributed by atoms with E-state index < -0.39 is 0 Å². The maximum atomic E-state index is 12.1. The lowest BCUT2D eigenvalue weighted by Crippen LogP contribution is -2.07. The van der Waals surface area contributed by atoms with Gasteiger partial charge in [0.25, 0.3) is 0 Å². The fourth-order valence-electron chi connectivity index (χ4n) is 4.14. The lowest BCUT2D eigenvalue weighted by atomic mass is 10.1. The van der Waals surface area contributed by atoms with Gasteiger partial charge in [-0.15, -0.1) is 0 Å². The quantitative estimate of drug-likeness (QED) is 0.0729. The van der Waals surface area contributed by atoms with Gasteiger partial charge in [-0.3, -0.25) is 4.79 Å². The van der Waals surface area contributed by atoms with Gasteiger partial charge in [-0.2, -0.15) is 10.2 Å². The molecule has 0 amide bonds. The highest BCUT2D eigenvalue weighted by Gasteiger charge is 2.05. The van der Waals surface area contributed by atoms with Gasteiger partial charge in [-0.1, -0.05) is 97.3 Å². The van der Waals surface area contributed by atoms with Crippen molar-refractivity contribution in [2.75, 3.05) is 6.61 Å². The van der Waals surface area contributed by atoms with Gasteiger partial charge in [-0.05, 0) is 61.4 Å². The number of carbonyl (C=O) groups is 1. The number of hydrogen-bond acceptors (Lipinski definition) is 5. The van der Waals surface area contributed by atoms with Crippen LogP contribution in [-0.2, 0) is 4.79 Å². The summed E-state index contributed by atoms with van der Waals surface area (Å²) in [7, 11) is 0. The van der Waals surface area contributed by atoms with Crippen molar-refractivity contribution < 1.29 is 14.3 Å². The number of hydrogen-bond donors (Lipinski definition) is 0. The summed E-state index contributed by atoms with van der Waals surface area (Å²) in [5.74, 6) is 1.24. The summed E-state index contributed by atoms with van der Waals surface area (Å²) in [6.07, 6.45) is 19.1.